The summed E-state index contributed by atoms with van der Waals surface area (Å²) in [5, 5.41) is 2.76. The lowest BCUT2D eigenvalue weighted by Crippen LogP contribution is -2.50. The number of hydrogen-bond acceptors (Lipinski definition) is 4. The molecule has 1 fully saturated rings. The topological polar surface area (TPSA) is 67.9 Å². The second kappa shape index (κ2) is 8.74. The van der Waals surface area contributed by atoms with Crippen LogP contribution in [0.25, 0.3) is 0 Å². The number of piperidine rings is 1. The van der Waals surface area contributed by atoms with Crippen LogP contribution >= 0.6 is 0 Å². The SMILES string of the molecule is CC(C)(C)OC(=O)NC[C@H]1CCCCN1C(=O)OCc1ccccc1. The minimum Gasteiger partial charge on any atom is -0.445 e. The van der Waals surface area contributed by atoms with Gasteiger partial charge in [0.2, 0.25) is 0 Å². The summed E-state index contributed by atoms with van der Waals surface area (Å²) >= 11 is 0. The molecule has 1 aliphatic rings. The van der Waals surface area contributed by atoms with E-state index in [1.807, 2.05) is 51.1 Å². The van der Waals surface area contributed by atoms with Gasteiger partial charge in [0, 0.05) is 13.1 Å². The monoisotopic (exact) mass is 348 g/mol. The maximum absolute atomic E-state index is 12.4. The molecule has 0 aromatic heterocycles. The summed E-state index contributed by atoms with van der Waals surface area (Å²) in [7, 11) is 0. The quantitative estimate of drug-likeness (QED) is 0.901. The second-order valence-corrected chi connectivity index (χ2v) is 7.27. The van der Waals surface area contributed by atoms with Crippen LogP contribution < -0.4 is 5.32 Å². The van der Waals surface area contributed by atoms with E-state index in [4.69, 9.17) is 9.47 Å². The average Bonchev–Trinajstić information content (AvgIpc) is 2.57. The molecule has 0 saturated carbocycles. The van der Waals surface area contributed by atoms with Crippen LogP contribution in [-0.4, -0.2) is 41.8 Å². The zero-order valence-electron chi connectivity index (χ0n) is 15.3. The van der Waals surface area contributed by atoms with Gasteiger partial charge in [0.05, 0.1) is 6.04 Å². The van der Waals surface area contributed by atoms with Gasteiger partial charge in [-0.15, -0.1) is 0 Å². The molecule has 138 valence electrons. The number of nitrogens with one attached hydrogen (secondary N) is 1. The number of ether oxygens (including phenoxy) is 2. The minimum absolute atomic E-state index is 0.0652. The van der Waals surface area contributed by atoms with E-state index in [9.17, 15) is 9.59 Å². The Morgan fingerprint density at radius 3 is 2.60 bits per heavy atom. The summed E-state index contributed by atoms with van der Waals surface area (Å²) in [5.74, 6) is 0. The van der Waals surface area contributed by atoms with Crippen molar-refractivity contribution in [3.63, 3.8) is 0 Å². The van der Waals surface area contributed by atoms with Crippen molar-refractivity contribution in [1.82, 2.24) is 10.2 Å². The number of carbonyl (C=O) groups is 2. The molecule has 1 aromatic rings. The normalized spacial score (nSPS) is 17.7. The molecule has 2 amide bonds. The Labute approximate surface area is 149 Å². The first kappa shape index (κ1) is 19.1. The van der Waals surface area contributed by atoms with Crippen molar-refractivity contribution in [3.05, 3.63) is 35.9 Å². The summed E-state index contributed by atoms with van der Waals surface area (Å²) in [5.41, 5.74) is 0.418. The third-order valence-corrected chi connectivity index (χ3v) is 3.95. The van der Waals surface area contributed by atoms with Crippen molar-refractivity contribution < 1.29 is 19.1 Å². The van der Waals surface area contributed by atoms with Gasteiger partial charge in [0.15, 0.2) is 0 Å². The van der Waals surface area contributed by atoms with Crippen LogP contribution in [0.1, 0.15) is 45.6 Å². The molecule has 1 atom stereocenters. The summed E-state index contributed by atoms with van der Waals surface area (Å²) in [6, 6.07) is 9.53. The zero-order chi connectivity index (χ0) is 18.3. The molecule has 1 aliphatic heterocycles. The molecular formula is C19H28N2O4. The zero-order valence-corrected chi connectivity index (χ0v) is 15.3. The van der Waals surface area contributed by atoms with Crippen LogP contribution in [-0.2, 0) is 16.1 Å². The molecule has 1 N–H and O–H groups in total. The van der Waals surface area contributed by atoms with E-state index in [0.717, 1.165) is 24.8 Å². The smallest absolute Gasteiger partial charge is 0.410 e. The van der Waals surface area contributed by atoms with E-state index in [2.05, 4.69) is 5.32 Å². The number of benzene rings is 1. The molecule has 25 heavy (non-hydrogen) atoms. The van der Waals surface area contributed by atoms with E-state index >= 15 is 0 Å². The first-order valence-corrected chi connectivity index (χ1v) is 8.79. The lowest BCUT2D eigenvalue weighted by molar-refractivity contribution is 0.0459. The third-order valence-electron chi connectivity index (χ3n) is 3.95. The number of rotatable bonds is 4. The van der Waals surface area contributed by atoms with E-state index in [-0.39, 0.29) is 18.7 Å². The maximum atomic E-state index is 12.4. The molecule has 0 bridgehead atoms. The first-order chi connectivity index (χ1) is 11.8. The van der Waals surface area contributed by atoms with Gasteiger partial charge in [-0.05, 0) is 45.6 Å². The average molecular weight is 348 g/mol. The highest BCUT2D eigenvalue weighted by Crippen LogP contribution is 2.18. The minimum atomic E-state index is -0.537. The molecule has 0 unspecified atom stereocenters. The fourth-order valence-corrected chi connectivity index (χ4v) is 2.77. The van der Waals surface area contributed by atoms with E-state index in [1.54, 1.807) is 4.90 Å². The van der Waals surface area contributed by atoms with Crippen molar-refractivity contribution in [2.45, 2.75) is 58.3 Å². The van der Waals surface area contributed by atoms with Gasteiger partial charge in [-0.3, -0.25) is 0 Å². The second-order valence-electron chi connectivity index (χ2n) is 7.27. The lowest BCUT2D eigenvalue weighted by Gasteiger charge is -2.35. The highest BCUT2D eigenvalue weighted by atomic mass is 16.6. The van der Waals surface area contributed by atoms with E-state index < -0.39 is 11.7 Å². The highest BCUT2D eigenvalue weighted by molar-refractivity contribution is 5.69. The Morgan fingerprint density at radius 1 is 1.20 bits per heavy atom. The fourth-order valence-electron chi connectivity index (χ4n) is 2.77. The van der Waals surface area contributed by atoms with Crippen LogP contribution in [0.2, 0.25) is 0 Å². The van der Waals surface area contributed by atoms with Crippen LogP contribution in [0, 0.1) is 0 Å². The Hall–Kier alpha value is -2.24. The third kappa shape index (κ3) is 6.64. The van der Waals surface area contributed by atoms with Crippen molar-refractivity contribution in [3.8, 4) is 0 Å². The number of carbonyl (C=O) groups excluding carboxylic acids is 2. The van der Waals surface area contributed by atoms with Crippen LogP contribution in [0.4, 0.5) is 9.59 Å². The molecule has 1 saturated heterocycles. The summed E-state index contributed by atoms with van der Waals surface area (Å²) in [6.45, 7) is 6.73. The molecule has 2 rings (SSSR count). The summed E-state index contributed by atoms with van der Waals surface area (Å²) in [6.07, 6.45) is 2.03. The Morgan fingerprint density at radius 2 is 1.92 bits per heavy atom. The van der Waals surface area contributed by atoms with Crippen molar-refractivity contribution in [2.75, 3.05) is 13.1 Å². The highest BCUT2D eigenvalue weighted by Gasteiger charge is 2.28. The fraction of sp³-hybridized carbons (Fsp3) is 0.579. The first-order valence-electron chi connectivity index (χ1n) is 8.79. The van der Waals surface area contributed by atoms with Crippen LogP contribution in [0.3, 0.4) is 0 Å². The number of hydrogen-bond donors (Lipinski definition) is 1. The van der Waals surface area contributed by atoms with Gasteiger partial charge >= 0.3 is 12.2 Å². The van der Waals surface area contributed by atoms with Crippen LogP contribution in [0.5, 0.6) is 0 Å². The Bertz CT molecular complexity index is 569. The predicted octanol–water partition coefficient (Wildman–Crippen LogP) is 3.70. The number of alkyl carbamates (subject to hydrolysis) is 1. The Kier molecular flexibility index (Phi) is 6.67. The molecule has 6 nitrogen and oxygen atoms in total. The van der Waals surface area contributed by atoms with E-state index in [1.165, 1.54) is 0 Å². The number of nitrogens with zero attached hydrogens (tertiary/aromatic N) is 1. The van der Waals surface area contributed by atoms with Crippen molar-refractivity contribution in [1.29, 1.82) is 0 Å². The van der Waals surface area contributed by atoms with Crippen molar-refractivity contribution in [2.24, 2.45) is 0 Å². The molecule has 1 aromatic carbocycles. The number of likely N-dealkylation sites (tertiary alicyclic amines) is 1. The predicted molar refractivity (Wildman–Crippen MR) is 95.2 cm³/mol. The van der Waals surface area contributed by atoms with Crippen LogP contribution in [0.15, 0.2) is 30.3 Å². The largest absolute Gasteiger partial charge is 0.445 e. The van der Waals surface area contributed by atoms with Gasteiger partial charge in [0.25, 0.3) is 0 Å². The summed E-state index contributed by atoms with van der Waals surface area (Å²) in [4.78, 5) is 25.9. The van der Waals surface area contributed by atoms with Crippen molar-refractivity contribution >= 4 is 12.2 Å². The molecule has 6 heteroatoms. The molecule has 1 heterocycles. The molecular weight excluding hydrogens is 320 g/mol. The van der Waals surface area contributed by atoms with Gasteiger partial charge in [-0.2, -0.15) is 0 Å². The van der Waals surface area contributed by atoms with Gasteiger partial charge < -0.3 is 19.7 Å². The standard InChI is InChI=1S/C19H28N2O4/c1-19(2,3)25-17(22)20-13-16-11-7-8-12-21(16)18(23)24-14-15-9-5-4-6-10-15/h4-6,9-10,16H,7-8,11-14H2,1-3H3,(H,20,22)/t16-/m1/s1. The van der Waals surface area contributed by atoms with Gasteiger partial charge in [-0.25, -0.2) is 9.59 Å². The molecule has 0 aliphatic carbocycles. The maximum Gasteiger partial charge on any atom is 0.410 e. The summed E-state index contributed by atoms with van der Waals surface area (Å²) < 4.78 is 10.7. The van der Waals surface area contributed by atoms with Gasteiger partial charge in [0.1, 0.15) is 12.2 Å². The molecule has 0 radical (unpaired) electrons. The Balaban J connectivity index is 1.84. The molecule has 0 spiro atoms. The van der Waals surface area contributed by atoms with E-state index in [0.29, 0.717) is 13.1 Å². The lowest BCUT2D eigenvalue weighted by atomic mass is 10.0. The number of amides is 2. The van der Waals surface area contributed by atoms with Gasteiger partial charge in [-0.1, -0.05) is 30.3 Å².